The lowest BCUT2D eigenvalue weighted by Crippen LogP contribution is -2.47. The highest BCUT2D eigenvalue weighted by Crippen LogP contribution is 2.21. The van der Waals surface area contributed by atoms with Crippen molar-refractivity contribution in [3.63, 3.8) is 0 Å². The molecular weight excluding hydrogens is 346 g/mol. The van der Waals surface area contributed by atoms with Gasteiger partial charge in [0.15, 0.2) is 0 Å². The molecule has 2 heterocycles. The van der Waals surface area contributed by atoms with Gasteiger partial charge in [0.1, 0.15) is 24.3 Å². The molecule has 1 N–H and O–H groups in total. The number of amides is 2. The van der Waals surface area contributed by atoms with Gasteiger partial charge in [-0.1, -0.05) is 12.1 Å². The van der Waals surface area contributed by atoms with Gasteiger partial charge in [-0.05, 0) is 51.3 Å². The van der Waals surface area contributed by atoms with E-state index in [1.807, 2.05) is 45.0 Å². The van der Waals surface area contributed by atoms with Crippen LogP contribution in [-0.2, 0) is 16.1 Å². The van der Waals surface area contributed by atoms with E-state index in [9.17, 15) is 9.59 Å². The summed E-state index contributed by atoms with van der Waals surface area (Å²) in [6, 6.07) is 7.21. The maximum atomic E-state index is 12.6. The Labute approximate surface area is 158 Å². The van der Waals surface area contributed by atoms with E-state index in [2.05, 4.69) is 15.4 Å². The molecule has 1 aliphatic heterocycles. The Morgan fingerprint density at radius 2 is 2.00 bits per heavy atom. The van der Waals surface area contributed by atoms with E-state index in [1.165, 1.54) is 11.2 Å². The molecule has 0 saturated carbocycles. The van der Waals surface area contributed by atoms with Crippen LogP contribution in [0, 0.1) is 0 Å². The molecule has 0 spiro atoms. The maximum Gasteiger partial charge on any atom is 0.410 e. The van der Waals surface area contributed by atoms with Crippen LogP contribution in [0.15, 0.2) is 36.9 Å². The minimum absolute atomic E-state index is 0.154. The molecule has 0 aliphatic carbocycles. The fourth-order valence-corrected chi connectivity index (χ4v) is 2.99. The standard InChI is InChI=1S/C19H25N5O3/c1-19(2,3)27-18(26)23-10-4-5-16(23)17(25)21-11-14-6-8-15(9-7-14)24-13-20-12-22-24/h6-9,12-13,16H,4-5,10-11H2,1-3H3,(H,21,25)/t16-/m0/s1. The molecule has 144 valence electrons. The van der Waals surface area contributed by atoms with Crippen LogP contribution >= 0.6 is 0 Å². The van der Waals surface area contributed by atoms with Gasteiger partial charge >= 0.3 is 6.09 Å². The number of nitrogens with zero attached hydrogens (tertiary/aromatic N) is 4. The number of nitrogens with one attached hydrogen (secondary N) is 1. The molecule has 1 saturated heterocycles. The van der Waals surface area contributed by atoms with Crippen molar-refractivity contribution in [3.8, 4) is 5.69 Å². The molecule has 27 heavy (non-hydrogen) atoms. The first-order valence-electron chi connectivity index (χ1n) is 9.05. The second-order valence-electron chi connectivity index (χ2n) is 7.56. The topological polar surface area (TPSA) is 89.4 Å². The third kappa shape index (κ3) is 4.84. The van der Waals surface area contributed by atoms with Gasteiger partial charge in [0.25, 0.3) is 0 Å². The molecule has 0 radical (unpaired) electrons. The first-order chi connectivity index (χ1) is 12.8. The molecule has 8 heteroatoms. The van der Waals surface area contributed by atoms with Gasteiger partial charge in [-0.15, -0.1) is 0 Å². The summed E-state index contributed by atoms with van der Waals surface area (Å²) in [6.45, 7) is 6.39. The summed E-state index contributed by atoms with van der Waals surface area (Å²) in [5.41, 5.74) is 1.29. The smallest absolute Gasteiger partial charge is 0.410 e. The van der Waals surface area contributed by atoms with Crippen molar-refractivity contribution in [1.29, 1.82) is 0 Å². The second-order valence-corrected chi connectivity index (χ2v) is 7.56. The number of carbonyl (C=O) groups excluding carboxylic acids is 2. The van der Waals surface area contributed by atoms with Gasteiger partial charge in [0, 0.05) is 13.1 Å². The third-order valence-corrected chi connectivity index (χ3v) is 4.27. The fourth-order valence-electron chi connectivity index (χ4n) is 2.99. The summed E-state index contributed by atoms with van der Waals surface area (Å²) >= 11 is 0. The van der Waals surface area contributed by atoms with Crippen LogP contribution in [0.4, 0.5) is 4.79 Å². The molecule has 1 aliphatic rings. The number of hydrogen-bond acceptors (Lipinski definition) is 5. The lowest BCUT2D eigenvalue weighted by atomic mass is 10.1. The van der Waals surface area contributed by atoms with Gasteiger partial charge in [0.2, 0.25) is 5.91 Å². The van der Waals surface area contributed by atoms with Crippen molar-refractivity contribution in [1.82, 2.24) is 25.0 Å². The molecule has 3 rings (SSSR count). The Hall–Kier alpha value is -2.90. The van der Waals surface area contributed by atoms with Crippen molar-refractivity contribution in [3.05, 3.63) is 42.5 Å². The van der Waals surface area contributed by atoms with E-state index in [4.69, 9.17) is 4.74 Å². The van der Waals surface area contributed by atoms with E-state index >= 15 is 0 Å². The van der Waals surface area contributed by atoms with Crippen LogP contribution in [0.5, 0.6) is 0 Å². The Bertz CT molecular complexity index is 781. The van der Waals surface area contributed by atoms with Crippen LogP contribution < -0.4 is 5.32 Å². The number of rotatable bonds is 4. The molecule has 0 bridgehead atoms. The zero-order valence-electron chi connectivity index (χ0n) is 15.9. The van der Waals surface area contributed by atoms with Crippen molar-refractivity contribution in [2.75, 3.05) is 6.54 Å². The molecule has 2 amide bonds. The number of benzene rings is 1. The van der Waals surface area contributed by atoms with Crippen LogP contribution in [0.2, 0.25) is 0 Å². The van der Waals surface area contributed by atoms with E-state index in [1.54, 1.807) is 11.0 Å². The summed E-state index contributed by atoms with van der Waals surface area (Å²) in [6.07, 6.45) is 4.12. The summed E-state index contributed by atoms with van der Waals surface area (Å²) in [5, 5.41) is 7.00. The maximum absolute atomic E-state index is 12.6. The van der Waals surface area contributed by atoms with Crippen LogP contribution in [0.1, 0.15) is 39.2 Å². The largest absolute Gasteiger partial charge is 0.444 e. The third-order valence-electron chi connectivity index (χ3n) is 4.27. The normalized spacial score (nSPS) is 17.0. The lowest BCUT2D eigenvalue weighted by Gasteiger charge is -2.28. The van der Waals surface area contributed by atoms with E-state index in [0.29, 0.717) is 19.5 Å². The second kappa shape index (κ2) is 7.77. The Morgan fingerprint density at radius 1 is 1.26 bits per heavy atom. The summed E-state index contributed by atoms with van der Waals surface area (Å²) in [4.78, 5) is 30.3. The molecule has 1 fully saturated rings. The minimum atomic E-state index is -0.577. The SMILES string of the molecule is CC(C)(C)OC(=O)N1CCC[C@H]1C(=O)NCc1ccc(-n2cncn2)cc1. The predicted octanol–water partition coefficient (Wildman–Crippen LogP) is 2.28. The van der Waals surface area contributed by atoms with Gasteiger partial charge in [-0.3, -0.25) is 9.69 Å². The van der Waals surface area contributed by atoms with Crippen molar-refractivity contribution in [2.45, 2.75) is 51.8 Å². The predicted molar refractivity (Wildman–Crippen MR) is 99.2 cm³/mol. The molecule has 2 aromatic rings. The first-order valence-corrected chi connectivity index (χ1v) is 9.05. The highest BCUT2D eigenvalue weighted by atomic mass is 16.6. The van der Waals surface area contributed by atoms with Crippen molar-refractivity contribution < 1.29 is 14.3 Å². The number of aromatic nitrogens is 3. The number of ether oxygens (including phenoxy) is 1. The zero-order chi connectivity index (χ0) is 19.4. The first kappa shape index (κ1) is 18.9. The molecule has 1 atom stereocenters. The van der Waals surface area contributed by atoms with Gasteiger partial charge < -0.3 is 10.1 Å². The van der Waals surface area contributed by atoms with Crippen molar-refractivity contribution in [2.24, 2.45) is 0 Å². The highest BCUT2D eigenvalue weighted by molar-refractivity contribution is 5.86. The molecule has 0 unspecified atom stereocenters. The number of carbonyl (C=O) groups is 2. The average Bonchev–Trinajstić information content (AvgIpc) is 3.30. The van der Waals surface area contributed by atoms with Crippen molar-refractivity contribution >= 4 is 12.0 Å². The molecule has 1 aromatic carbocycles. The van der Waals surface area contributed by atoms with Gasteiger partial charge in [-0.2, -0.15) is 5.10 Å². The van der Waals surface area contributed by atoms with Crippen LogP contribution in [0.25, 0.3) is 5.69 Å². The van der Waals surface area contributed by atoms with Gasteiger partial charge in [0.05, 0.1) is 5.69 Å². The zero-order valence-corrected chi connectivity index (χ0v) is 15.9. The van der Waals surface area contributed by atoms with E-state index in [-0.39, 0.29) is 5.91 Å². The monoisotopic (exact) mass is 371 g/mol. The number of hydrogen-bond donors (Lipinski definition) is 1. The minimum Gasteiger partial charge on any atom is -0.444 e. The summed E-state index contributed by atoms with van der Waals surface area (Å²) in [7, 11) is 0. The average molecular weight is 371 g/mol. The van der Waals surface area contributed by atoms with Crippen LogP contribution in [0.3, 0.4) is 0 Å². The quantitative estimate of drug-likeness (QED) is 0.891. The fraction of sp³-hybridized carbons (Fsp3) is 0.474. The highest BCUT2D eigenvalue weighted by Gasteiger charge is 2.36. The van der Waals surface area contributed by atoms with Crippen LogP contribution in [-0.4, -0.2) is 49.9 Å². The van der Waals surface area contributed by atoms with E-state index in [0.717, 1.165) is 17.7 Å². The number of likely N-dealkylation sites (tertiary alicyclic amines) is 1. The Morgan fingerprint density at radius 3 is 2.63 bits per heavy atom. The summed E-state index contributed by atoms with van der Waals surface area (Å²) in [5.74, 6) is -0.154. The molecular formula is C19H25N5O3. The summed E-state index contributed by atoms with van der Waals surface area (Å²) < 4.78 is 7.07. The molecule has 8 nitrogen and oxygen atoms in total. The van der Waals surface area contributed by atoms with E-state index < -0.39 is 17.7 Å². The Balaban J connectivity index is 1.56. The lowest BCUT2D eigenvalue weighted by molar-refractivity contribution is -0.125. The molecule has 1 aromatic heterocycles. The Kier molecular flexibility index (Phi) is 5.43. The van der Waals surface area contributed by atoms with Gasteiger partial charge in [-0.25, -0.2) is 14.5 Å².